The molecule has 0 aromatic carbocycles. The van der Waals surface area contributed by atoms with Crippen LogP contribution in [0.1, 0.15) is 25.1 Å². The van der Waals surface area contributed by atoms with Crippen LogP contribution >= 0.6 is 0 Å². The fraction of sp³-hybridized carbons (Fsp3) is 0.308. The highest BCUT2D eigenvalue weighted by Gasteiger charge is 2.39. The molecule has 3 heterocycles. The molecule has 1 saturated carbocycles. The Labute approximate surface area is 122 Å². The van der Waals surface area contributed by atoms with E-state index < -0.39 is 16.8 Å². The number of hydrogen-bond donors (Lipinski definition) is 3. The highest BCUT2D eigenvalue weighted by molar-refractivity contribution is 5.77. The SMILES string of the molecule is NC1(c2noc(-c3cnc4[nH]c(=O)[nH]c(=O)c4c3)n2)CCC1. The summed E-state index contributed by atoms with van der Waals surface area (Å²) < 4.78 is 5.22. The first-order chi connectivity index (χ1) is 10.5. The fourth-order valence-electron chi connectivity index (χ4n) is 2.49. The van der Waals surface area contributed by atoms with Gasteiger partial charge in [-0.3, -0.25) is 14.8 Å². The Morgan fingerprint density at radius 3 is 2.82 bits per heavy atom. The number of hydrogen-bond acceptors (Lipinski definition) is 7. The molecule has 0 spiro atoms. The van der Waals surface area contributed by atoms with Crippen molar-refractivity contribution < 1.29 is 4.52 Å². The van der Waals surface area contributed by atoms with E-state index in [1.165, 1.54) is 6.20 Å². The quantitative estimate of drug-likeness (QED) is 0.604. The van der Waals surface area contributed by atoms with Crippen molar-refractivity contribution in [2.45, 2.75) is 24.8 Å². The predicted octanol–water partition coefficient (Wildman–Crippen LogP) is -0.000700. The van der Waals surface area contributed by atoms with Gasteiger partial charge in [0.1, 0.15) is 5.65 Å². The summed E-state index contributed by atoms with van der Waals surface area (Å²) in [6, 6.07) is 1.54. The molecule has 22 heavy (non-hydrogen) atoms. The van der Waals surface area contributed by atoms with E-state index in [0.29, 0.717) is 11.4 Å². The lowest BCUT2D eigenvalue weighted by molar-refractivity contribution is 0.229. The third kappa shape index (κ3) is 1.86. The van der Waals surface area contributed by atoms with Crippen LogP contribution in [-0.4, -0.2) is 25.1 Å². The van der Waals surface area contributed by atoms with Crippen LogP contribution in [-0.2, 0) is 5.54 Å². The third-order valence-corrected chi connectivity index (χ3v) is 3.96. The Hall–Kier alpha value is -2.81. The van der Waals surface area contributed by atoms with E-state index in [9.17, 15) is 9.59 Å². The number of rotatable bonds is 2. The van der Waals surface area contributed by atoms with Crippen molar-refractivity contribution in [3.05, 3.63) is 38.9 Å². The number of nitrogens with zero attached hydrogens (tertiary/aromatic N) is 3. The molecule has 0 aliphatic heterocycles. The molecule has 9 nitrogen and oxygen atoms in total. The number of pyridine rings is 1. The van der Waals surface area contributed by atoms with E-state index in [2.05, 4.69) is 25.1 Å². The van der Waals surface area contributed by atoms with E-state index in [1.807, 2.05) is 0 Å². The Bertz CT molecular complexity index is 981. The summed E-state index contributed by atoms with van der Waals surface area (Å²) in [5.41, 5.74) is 5.20. The van der Waals surface area contributed by atoms with Gasteiger partial charge in [0.15, 0.2) is 5.82 Å². The van der Waals surface area contributed by atoms with Crippen molar-refractivity contribution in [2.24, 2.45) is 5.73 Å². The summed E-state index contributed by atoms with van der Waals surface area (Å²) in [5, 5.41) is 4.16. The summed E-state index contributed by atoms with van der Waals surface area (Å²) in [4.78, 5) is 36.0. The number of aromatic amines is 2. The van der Waals surface area contributed by atoms with Crippen LogP contribution in [0.15, 0.2) is 26.4 Å². The topological polar surface area (TPSA) is 144 Å². The normalized spacial score (nSPS) is 16.6. The summed E-state index contributed by atoms with van der Waals surface area (Å²) in [7, 11) is 0. The van der Waals surface area contributed by atoms with Crippen molar-refractivity contribution in [3.63, 3.8) is 0 Å². The molecule has 1 aliphatic carbocycles. The Kier molecular flexibility index (Phi) is 2.54. The second-order valence-electron chi connectivity index (χ2n) is 5.46. The molecule has 3 aromatic heterocycles. The summed E-state index contributed by atoms with van der Waals surface area (Å²) in [5.74, 6) is 0.705. The summed E-state index contributed by atoms with van der Waals surface area (Å²) in [6.07, 6.45) is 4.14. The minimum atomic E-state index is -0.604. The maximum absolute atomic E-state index is 11.8. The minimum Gasteiger partial charge on any atom is -0.334 e. The molecule has 0 amide bonds. The zero-order valence-electron chi connectivity index (χ0n) is 11.4. The van der Waals surface area contributed by atoms with Crippen LogP contribution in [0.2, 0.25) is 0 Å². The molecular formula is C13H12N6O3. The van der Waals surface area contributed by atoms with Gasteiger partial charge in [0.25, 0.3) is 11.4 Å². The van der Waals surface area contributed by atoms with Gasteiger partial charge in [0, 0.05) is 6.20 Å². The van der Waals surface area contributed by atoms with Gasteiger partial charge in [-0.2, -0.15) is 4.98 Å². The van der Waals surface area contributed by atoms with Crippen LogP contribution in [0.5, 0.6) is 0 Å². The summed E-state index contributed by atoms with van der Waals surface area (Å²) >= 11 is 0. The largest absolute Gasteiger partial charge is 0.334 e. The molecule has 4 N–H and O–H groups in total. The molecule has 1 fully saturated rings. The third-order valence-electron chi connectivity index (χ3n) is 3.96. The van der Waals surface area contributed by atoms with Crippen molar-refractivity contribution in [2.75, 3.05) is 0 Å². The molecule has 0 radical (unpaired) electrons. The molecule has 4 rings (SSSR count). The standard InChI is InChI=1S/C13H12N6O3/c14-13(2-1-3-13)11-18-10(22-19-11)6-4-7-8(15-5-6)16-12(21)17-9(7)20/h4-5H,1-3,14H2,(H2,15,16,17,20,21). The van der Waals surface area contributed by atoms with Gasteiger partial charge in [-0.1, -0.05) is 5.16 Å². The molecule has 0 bridgehead atoms. The zero-order valence-corrected chi connectivity index (χ0v) is 11.4. The van der Waals surface area contributed by atoms with Crippen molar-refractivity contribution >= 4 is 11.0 Å². The lowest BCUT2D eigenvalue weighted by Crippen LogP contribution is -2.44. The molecule has 112 valence electrons. The average Bonchev–Trinajstić information content (AvgIpc) is 2.94. The molecule has 1 aliphatic rings. The van der Waals surface area contributed by atoms with Crippen LogP contribution in [0.3, 0.4) is 0 Å². The van der Waals surface area contributed by atoms with Crippen molar-refractivity contribution in [1.29, 1.82) is 0 Å². The number of nitrogens with two attached hydrogens (primary N) is 1. The maximum atomic E-state index is 11.8. The lowest BCUT2D eigenvalue weighted by atomic mass is 9.77. The average molecular weight is 300 g/mol. The van der Waals surface area contributed by atoms with E-state index in [4.69, 9.17) is 10.3 Å². The van der Waals surface area contributed by atoms with Crippen molar-refractivity contribution in [3.8, 4) is 11.5 Å². The predicted molar refractivity (Wildman–Crippen MR) is 76.0 cm³/mol. The first-order valence-corrected chi connectivity index (χ1v) is 6.81. The van der Waals surface area contributed by atoms with Gasteiger partial charge < -0.3 is 10.3 Å². The monoisotopic (exact) mass is 300 g/mol. The Morgan fingerprint density at radius 2 is 2.09 bits per heavy atom. The number of nitrogens with one attached hydrogen (secondary N) is 2. The fourth-order valence-corrected chi connectivity index (χ4v) is 2.49. The Balaban J connectivity index is 1.81. The van der Waals surface area contributed by atoms with Crippen LogP contribution < -0.4 is 17.0 Å². The molecule has 0 unspecified atom stereocenters. The molecule has 9 heteroatoms. The van der Waals surface area contributed by atoms with E-state index in [-0.39, 0.29) is 16.9 Å². The number of fused-ring (bicyclic) bond motifs is 1. The van der Waals surface area contributed by atoms with E-state index >= 15 is 0 Å². The van der Waals surface area contributed by atoms with E-state index in [0.717, 1.165) is 19.3 Å². The van der Waals surface area contributed by atoms with Gasteiger partial charge in [-0.05, 0) is 25.3 Å². The highest BCUT2D eigenvalue weighted by atomic mass is 16.5. The lowest BCUT2D eigenvalue weighted by Gasteiger charge is -2.34. The molecule has 0 atom stereocenters. The van der Waals surface area contributed by atoms with Crippen LogP contribution in [0, 0.1) is 0 Å². The van der Waals surface area contributed by atoms with Gasteiger partial charge in [0.05, 0.1) is 16.5 Å². The first-order valence-electron chi connectivity index (χ1n) is 6.81. The maximum Gasteiger partial charge on any atom is 0.327 e. The van der Waals surface area contributed by atoms with E-state index in [1.54, 1.807) is 6.07 Å². The minimum absolute atomic E-state index is 0.200. The van der Waals surface area contributed by atoms with Crippen molar-refractivity contribution in [1.82, 2.24) is 25.1 Å². The second kappa shape index (κ2) is 4.34. The molecule has 3 aromatic rings. The van der Waals surface area contributed by atoms with Gasteiger partial charge in [-0.15, -0.1) is 0 Å². The van der Waals surface area contributed by atoms with Gasteiger partial charge in [-0.25, -0.2) is 9.78 Å². The zero-order chi connectivity index (χ0) is 15.3. The first kappa shape index (κ1) is 12.9. The van der Waals surface area contributed by atoms with Gasteiger partial charge >= 0.3 is 5.69 Å². The highest BCUT2D eigenvalue weighted by Crippen LogP contribution is 2.37. The van der Waals surface area contributed by atoms with Crippen LogP contribution in [0.25, 0.3) is 22.5 Å². The molecule has 0 saturated heterocycles. The Morgan fingerprint density at radius 1 is 1.27 bits per heavy atom. The molecular weight excluding hydrogens is 288 g/mol. The number of aromatic nitrogens is 5. The number of H-pyrrole nitrogens is 2. The second-order valence-corrected chi connectivity index (χ2v) is 5.46. The van der Waals surface area contributed by atoms with Gasteiger partial charge in [0.2, 0.25) is 0 Å². The smallest absolute Gasteiger partial charge is 0.327 e. The van der Waals surface area contributed by atoms with Crippen LogP contribution in [0.4, 0.5) is 0 Å². The summed E-state index contributed by atoms with van der Waals surface area (Å²) in [6.45, 7) is 0.